The summed E-state index contributed by atoms with van der Waals surface area (Å²) in [5.74, 6) is 1.80. The topological polar surface area (TPSA) is 117 Å². The van der Waals surface area contributed by atoms with Crippen molar-refractivity contribution in [3.8, 4) is 28.7 Å². The maximum atomic E-state index is 12.6. The number of amides is 2. The van der Waals surface area contributed by atoms with Gasteiger partial charge in [0.05, 0.1) is 34.7 Å². The third-order valence-electron chi connectivity index (χ3n) is 5.18. The van der Waals surface area contributed by atoms with Crippen molar-refractivity contribution in [2.75, 3.05) is 33.8 Å². The Labute approximate surface area is 215 Å². The fraction of sp³-hybridized carbons (Fsp3) is 0.222. The first kappa shape index (κ1) is 26.9. The Morgan fingerprint density at radius 2 is 1.49 bits per heavy atom. The molecule has 0 spiro atoms. The number of nitrogens with one attached hydrogen (secondary N) is 2. The fourth-order valence-electron chi connectivity index (χ4n) is 3.43. The SMILES string of the molecule is COc1ccc(C=NNC(=O)c2cc(OC)c(OC)c(OC)c2)cc1COc1ccc(NC(C)=O)cc1. The molecule has 194 valence electrons. The van der Waals surface area contributed by atoms with Gasteiger partial charge in [0, 0.05) is 23.7 Å². The van der Waals surface area contributed by atoms with E-state index in [1.807, 2.05) is 6.07 Å². The van der Waals surface area contributed by atoms with Gasteiger partial charge in [-0.1, -0.05) is 0 Å². The Kier molecular flexibility index (Phi) is 9.31. The summed E-state index contributed by atoms with van der Waals surface area (Å²) in [5, 5.41) is 6.77. The monoisotopic (exact) mass is 507 g/mol. The van der Waals surface area contributed by atoms with Crippen molar-refractivity contribution in [2.45, 2.75) is 13.5 Å². The molecule has 3 aromatic rings. The molecule has 0 aliphatic rings. The normalized spacial score (nSPS) is 10.5. The van der Waals surface area contributed by atoms with Crippen molar-refractivity contribution in [1.82, 2.24) is 5.43 Å². The molecule has 10 heteroatoms. The molecule has 3 rings (SSSR count). The Morgan fingerprint density at radius 3 is 2.05 bits per heavy atom. The first-order valence-corrected chi connectivity index (χ1v) is 11.2. The van der Waals surface area contributed by atoms with Crippen LogP contribution < -0.4 is 34.4 Å². The largest absolute Gasteiger partial charge is 0.496 e. The number of anilines is 1. The van der Waals surface area contributed by atoms with E-state index in [2.05, 4.69) is 15.8 Å². The average molecular weight is 508 g/mol. The summed E-state index contributed by atoms with van der Waals surface area (Å²) < 4.78 is 27.2. The van der Waals surface area contributed by atoms with Crippen molar-refractivity contribution < 1.29 is 33.3 Å². The molecule has 0 aliphatic carbocycles. The zero-order valence-corrected chi connectivity index (χ0v) is 21.3. The van der Waals surface area contributed by atoms with E-state index in [0.717, 1.165) is 11.1 Å². The molecule has 2 N–H and O–H groups in total. The van der Waals surface area contributed by atoms with E-state index in [0.29, 0.717) is 40.0 Å². The van der Waals surface area contributed by atoms with Crippen LogP contribution in [0, 0.1) is 0 Å². The predicted octanol–water partition coefficient (Wildman–Crippen LogP) is 4.02. The van der Waals surface area contributed by atoms with Gasteiger partial charge < -0.3 is 29.0 Å². The molecule has 0 atom stereocenters. The minimum Gasteiger partial charge on any atom is -0.496 e. The van der Waals surface area contributed by atoms with Crippen LogP contribution in [0.5, 0.6) is 28.7 Å². The van der Waals surface area contributed by atoms with Gasteiger partial charge in [0.25, 0.3) is 5.91 Å². The molecule has 0 heterocycles. The molecule has 0 radical (unpaired) electrons. The number of ether oxygens (including phenoxy) is 5. The Balaban J connectivity index is 1.68. The number of hydrogen-bond acceptors (Lipinski definition) is 8. The average Bonchev–Trinajstić information content (AvgIpc) is 2.91. The Morgan fingerprint density at radius 1 is 0.838 bits per heavy atom. The lowest BCUT2D eigenvalue weighted by atomic mass is 10.1. The van der Waals surface area contributed by atoms with Crippen LogP contribution in [0.4, 0.5) is 5.69 Å². The summed E-state index contributed by atoms with van der Waals surface area (Å²) in [6, 6.07) is 15.6. The number of carbonyl (C=O) groups is 2. The number of rotatable bonds is 11. The summed E-state index contributed by atoms with van der Waals surface area (Å²) in [7, 11) is 6.01. The van der Waals surface area contributed by atoms with Crippen molar-refractivity contribution in [3.05, 3.63) is 71.3 Å². The van der Waals surface area contributed by atoms with Crippen LogP contribution in [-0.2, 0) is 11.4 Å². The highest BCUT2D eigenvalue weighted by atomic mass is 16.5. The third-order valence-corrected chi connectivity index (χ3v) is 5.18. The van der Waals surface area contributed by atoms with Crippen LogP contribution in [0.2, 0.25) is 0 Å². The molecule has 0 unspecified atom stereocenters. The van der Waals surface area contributed by atoms with Crippen LogP contribution in [0.3, 0.4) is 0 Å². The zero-order valence-electron chi connectivity index (χ0n) is 21.3. The van der Waals surface area contributed by atoms with Crippen molar-refractivity contribution in [2.24, 2.45) is 5.10 Å². The van der Waals surface area contributed by atoms with Crippen LogP contribution in [0.1, 0.15) is 28.4 Å². The van der Waals surface area contributed by atoms with Gasteiger partial charge in [0.15, 0.2) is 11.5 Å². The maximum Gasteiger partial charge on any atom is 0.271 e. The maximum absolute atomic E-state index is 12.6. The molecule has 0 aromatic heterocycles. The van der Waals surface area contributed by atoms with Gasteiger partial charge in [-0.25, -0.2) is 5.43 Å². The van der Waals surface area contributed by atoms with Crippen molar-refractivity contribution in [1.29, 1.82) is 0 Å². The second-order valence-electron chi connectivity index (χ2n) is 7.68. The number of methoxy groups -OCH3 is 4. The van der Waals surface area contributed by atoms with Gasteiger partial charge in [-0.05, 0) is 60.2 Å². The molecule has 0 bridgehead atoms. The van der Waals surface area contributed by atoms with E-state index in [9.17, 15) is 9.59 Å². The van der Waals surface area contributed by atoms with E-state index < -0.39 is 5.91 Å². The Bertz CT molecular complexity index is 1250. The first-order valence-electron chi connectivity index (χ1n) is 11.2. The van der Waals surface area contributed by atoms with Crippen LogP contribution in [0.25, 0.3) is 0 Å². The smallest absolute Gasteiger partial charge is 0.271 e. The van der Waals surface area contributed by atoms with Gasteiger partial charge in [-0.15, -0.1) is 0 Å². The standard InChI is InChI=1S/C27H29N3O7/c1-17(31)29-21-7-9-22(10-8-21)37-16-20-12-18(6-11-23(20)33-2)15-28-30-27(32)19-13-24(34-3)26(36-5)25(14-19)35-4/h6-15H,16H2,1-5H3,(H,29,31)(H,30,32). The second kappa shape index (κ2) is 12.8. The van der Waals surface area contributed by atoms with Gasteiger partial charge in [-0.3, -0.25) is 9.59 Å². The second-order valence-corrected chi connectivity index (χ2v) is 7.68. The van der Waals surface area contributed by atoms with E-state index >= 15 is 0 Å². The minimum absolute atomic E-state index is 0.142. The zero-order chi connectivity index (χ0) is 26.8. The summed E-state index contributed by atoms with van der Waals surface area (Å²) >= 11 is 0. The molecule has 0 aliphatic heterocycles. The number of carbonyl (C=O) groups excluding carboxylic acids is 2. The van der Waals surface area contributed by atoms with Gasteiger partial charge in [0.1, 0.15) is 18.1 Å². The highest BCUT2D eigenvalue weighted by Crippen LogP contribution is 2.38. The van der Waals surface area contributed by atoms with E-state index in [1.54, 1.807) is 43.5 Å². The molecule has 10 nitrogen and oxygen atoms in total. The lowest BCUT2D eigenvalue weighted by Gasteiger charge is -2.13. The molecule has 3 aromatic carbocycles. The predicted molar refractivity (Wildman–Crippen MR) is 139 cm³/mol. The summed E-state index contributed by atoms with van der Waals surface area (Å²) in [6.45, 7) is 1.69. The number of benzene rings is 3. The highest BCUT2D eigenvalue weighted by molar-refractivity contribution is 5.96. The highest BCUT2D eigenvalue weighted by Gasteiger charge is 2.16. The lowest BCUT2D eigenvalue weighted by molar-refractivity contribution is -0.114. The molecule has 0 fully saturated rings. The van der Waals surface area contributed by atoms with Gasteiger partial charge >= 0.3 is 0 Å². The third kappa shape index (κ3) is 7.14. The number of hydrogen-bond donors (Lipinski definition) is 2. The van der Waals surface area contributed by atoms with E-state index in [1.165, 1.54) is 46.6 Å². The Hall–Kier alpha value is -4.73. The minimum atomic E-state index is -0.449. The van der Waals surface area contributed by atoms with Gasteiger partial charge in [0.2, 0.25) is 11.7 Å². The molecule has 0 saturated heterocycles. The van der Waals surface area contributed by atoms with Crippen LogP contribution in [0.15, 0.2) is 59.7 Å². The number of nitrogens with zero attached hydrogens (tertiary/aromatic N) is 1. The lowest BCUT2D eigenvalue weighted by Crippen LogP contribution is -2.18. The fourth-order valence-corrected chi connectivity index (χ4v) is 3.43. The van der Waals surface area contributed by atoms with E-state index in [-0.39, 0.29) is 12.5 Å². The molecular weight excluding hydrogens is 478 g/mol. The van der Waals surface area contributed by atoms with Gasteiger partial charge in [-0.2, -0.15) is 5.10 Å². The molecule has 2 amide bonds. The summed E-state index contributed by atoms with van der Waals surface area (Å²) in [6.07, 6.45) is 1.51. The van der Waals surface area contributed by atoms with Crippen LogP contribution in [-0.4, -0.2) is 46.5 Å². The van der Waals surface area contributed by atoms with Crippen molar-refractivity contribution in [3.63, 3.8) is 0 Å². The first-order chi connectivity index (χ1) is 17.9. The molecule has 37 heavy (non-hydrogen) atoms. The van der Waals surface area contributed by atoms with E-state index in [4.69, 9.17) is 23.7 Å². The number of hydrazone groups is 1. The van der Waals surface area contributed by atoms with Crippen molar-refractivity contribution >= 4 is 23.7 Å². The summed E-state index contributed by atoms with van der Waals surface area (Å²) in [4.78, 5) is 23.8. The summed E-state index contributed by atoms with van der Waals surface area (Å²) in [5.41, 5.74) is 4.99. The van der Waals surface area contributed by atoms with Crippen LogP contribution >= 0.6 is 0 Å². The molecular formula is C27H29N3O7. The molecule has 0 saturated carbocycles. The quantitative estimate of drug-likeness (QED) is 0.297.